The molecule has 3 aliphatic rings. The number of aryl methyl sites for hydroxylation is 1. The number of rotatable bonds is 8. The topological polar surface area (TPSA) is 79.4 Å². The van der Waals surface area contributed by atoms with Crippen LogP contribution in [0.2, 0.25) is 0 Å². The Balaban J connectivity index is 1.58. The first-order chi connectivity index (χ1) is 18.7. The molecular weight excluding hydrogens is 506 g/mol. The molecule has 0 unspecified atom stereocenters. The van der Waals surface area contributed by atoms with Gasteiger partial charge in [0, 0.05) is 31.2 Å². The number of anilines is 1. The van der Waals surface area contributed by atoms with Gasteiger partial charge in [-0.2, -0.15) is 0 Å². The van der Waals surface area contributed by atoms with E-state index in [1.165, 1.54) is 19.3 Å². The van der Waals surface area contributed by atoms with Gasteiger partial charge in [-0.1, -0.05) is 25.7 Å². The summed E-state index contributed by atoms with van der Waals surface area (Å²) in [6, 6.07) is 3.56. The lowest BCUT2D eigenvalue weighted by Crippen LogP contribution is -2.55. The third kappa shape index (κ3) is 6.92. The quantitative estimate of drug-likeness (QED) is 0.350. The molecule has 2 aliphatic heterocycles. The minimum absolute atomic E-state index is 0.0677. The maximum atomic E-state index is 14.2. The molecule has 0 radical (unpaired) electrons. The third-order valence-corrected chi connectivity index (χ3v) is 8.13. The molecule has 2 fully saturated rings. The molecule has 2 heterocycles. The van der Waals surface area contributed by atoms with Crippen LogP contribution in [0, 0.1) is 12.8 Å². The molecule has 0 spiro atoms. The molecule has 8 nitrogen and oxygen atoms in total. The lowest BCUT2D eigenvalue weighted by Gasteiger charge is -2.42. The van der Waals surface area contributed by atoms with Crippen LogP contribution in [0.25, 0.3) is 0 Å². The van der Waals surface area contributed by atoms with Crippen molar-refractivity contribution in [3.8, 4) is 5.75 Å². The molecule has 1 saturated heterocycles. The van der Waals surface area contributed by atoms with Gasteiger partial charge in [0.25, 0.3) is 11.8 Å². The molecule has 8 heteroatoms. The van der Waals surface area contributed by atoms with E-state index >= 15 is 0 Å². The van der Waals surface area contributed by atoms with Gasteiger partial charge in [0.15, 0.2) is 5.60 Å². The Hall–Kier alpha value is -2.77. The summed E-state index contributed by atoms with van der Waals surface area (Å²) in [4.78, 5) is 45.9. The third-order valence-electron chi connectivity index (χ3n) is 8.13. The zero-order valence-corrected chi connectivity index (χ0v) is 25.8. The van der Waals surface area contributed by atoms with Crippen LogP contribution in [0.5, 0.6) is 5.75 Å². The number of piperidine rings is 1. The van der Waals surface area contributed by atoms with E-state index in [2.05, 4.69) is 0 Å². The Morgan fingerprint density at radius 1 is 1.15 bits per heavy atom. The number of carbonyl (C=O) groups is 3. The summed E-state index contributed by atoms with van der Waals surface area (Å²) in [6.07, 6.45) is 7.19. The van der Waals surface area contributed by atoms with Crippen LogP contribution < -0.4 is 9.64 Å². The first kappa shape index (κ1) is 30.2. The SMILES string of the molecule is Cc1cc2c(cc1C(=O)N(C(C)C)[C@@H]1CCCN(C(=O)OC(C)(C)C)C1)N(CCCCC1CC1)C(=O)C(C)(C)O2. The molecule has 1 aromatic rings. The summed E-state index contributed by atoms with van der Waals surface area (Å²) in [7, 11) is 0. The van der Waals surface area contributed by atoms with Gasteiger partial charge < -0.3 is 24.2 Å². The molecule has 4 rings (SSSR count). The van der Waals surface area contributed by atoms with E-state index in [1.54, 1.807) is 4.90 Å². The maximum Gasteiger partial charge on any atom is 0.410 e. The number of likely N-dealkylation sites (tertiary alicyclic amines) is 1. The Labute approximate surface area is 240 Å². The Kier molecular flexibility index (Phi) is 8.77. The fourth-order valence-corrected chi connectivity index (χ4v) is 5.91. The van der Waals surface area contributed by atoms with Crippen LogP contribution in [0.4, 0.5) is 10.5 Å². The zero-order valence-electron chi connectivity index (χ0n) is 25.8. The van der Waals surface area contributed by atoms with Crippen LogP contribution >= 0.6 is 0 Å². The molecule has 0 bridgehead atoms. The average Bonchev–Trinajstić information content (AvgIpc) is 3.67. The van der Waals surface area contributed by atoms with Crippen molar-refractivity contribution in [3.63, 3.8) is 0 Å². The lowest BCUT2D eigenvalue weighted by atomic mass is 9.97. The highest BCUT2D eigenvalue weighted by Crippen LogP contribution is 2.41. The van der Waals surface area contributed by atoms with Crippen molar-refractivity contribution in [2.45, 2.75) is 124 Å². The number of ether oxygens (including phenoxy) is 2. The number of hydrogen-bond acceptors (Lipinski definition) is 5. The fourth-order valence-electron chi connectivity index (χ4n) is 5.91. The van der Waals surface area contributed by atoms with E-state index in [0.29, 0.717) is 36.6 Å². The van der Waals surface area contributed by atoms with E-state index in [4.69, 9.17) is 9.47 Å². The van der Waals surface area contributed by atoms with Crippen molar-refractivity contribution in [1.29, 1.82) is 0 Å². The highest BCUT2D eigenvalue weighted by atomic mass is 16.6. The Morgan fingerprint density at radius 3 is 2.48 bits per heavy atom. The second-order valence-electron chi connectivity index (χ2n) is 13.7. The number of fused-ring (bicyclic) bond motifs is 1. The summed E-state index contributed by atoms with van der Waals surface area (Å²) >= 11 is 0. The van der Waals surface area contributed by atoms with Crippen molar-refractivity contribution in [2.24, 2.45) is 5.92 Å². The van der Waals surface area contributed by atoms with Gasteiger partial charge in [-0.05, 0) is 98.3 Å². The first-order valence-corrected chi connectivity index (χ1v) is 15.1. The van der Waals surface area contributed by atoms with Gasteiger partial charge in [-0.15, -0.1) is 0 Å². The predicted molar refractivity (Wildman–Crippen MR) is 157 cm³/mol. The van der Waals surface area contributed by atoms with E-state index in [9.17, 15) is 14.4 Å². The summed E-state index contributed by atoms with van der Waals surface area (Å²) in [5, 5.41) is 0. The van der Waals surface area contributed by atoms with Crippen LogP contribution in [-0.4, -0.2) is 70.6 Å². The molecule has 0 aromatic heterocycles. The molecule has 1 saturated carbocycles. The Morgan fingerprint density at radius 2 is 1.85 bits per heavy atom. The van der Waals surface area contributed by atoms with Crippen LogP contribution in [0.3, 0.4) is 0 Å². The summed E-state index contributed by atoms with van der Waals surface area (Å²) in [5.41, 5.74) is 0.523. The number of amides is 3. The van der Waals surface area contributed by atoms with E-state index in [-0.39, 0.29) is 30.0 Å². The monoisotopic (exact) mass is 555 g/mol. The molecule has 222 valence electrons. The number of benzene rings is 1. The van der Waals surface area contributed by atoms with Crippen molar-refractivity contribution >= 4 is 23.6 Å². The lowest BCUT2D eigenvalue weighted by molar-refractivity contribution is -0.132. The first-order valence-electron chi connectivity index (χ1n) is 15.1. The van der Waals surface area contributed by atoms with Gasteiger partial charge in [-0.25, -0.2) is 4.79 Å². The van der Waals surface area contributed by atoms with E-state index in [0.717, 1.165) is 37.2 Å². The normalized spacial score (nSPS) is 20.7. The van der Waals surface area contributed by atoms with Gasteiger partial charge in [0.2, 0.25) is 0 Å². The van der Waals surface area contributed by atoms with Crippen LogP contribution in [0.1, 0.15) is 109 Å². The standard InChI is InChI=1S/C32H49N3O5/c1-21(2)35(24-13-11-16-33(20-24)30(38)40-31(4,5)6)28(36)25-19-26-27(18-22(25)3)39-32(7,8)29(37)34(26)17-10-9-12-23-14-15-23/h18-19,21,23-24H,9-17,20H2,1-8H3/t24-/m1/s1. The van der Waals surface area contributed by atoms with Crippen molar-refractivity contribution in [1.82, 2.24) is 9.80 Å². The van der Waals surface area contributed by atoms with Crippen molar-refractivity contribution in [3.05, 3.63) is 23.3 Å². The molecule has 1 aromatic carbocycles. The molecule has 3 amide bonds. The summed E-state index contributed by atoms with van der Waals surface area (Å²) in [5.74, 6) is 1.35. The summed E-state index contributed by atoms with van der Waals surface area (Å²) < 4.78 is 11.8. The van der Waals surface area contributed by atoms with Crippen molar-refractivity contribution < 1.29 is 23.9 Å². The van der Waals surface area contributed by atoms with Gasteiger partial charge in [0.1, 0.15) is 11.4 Å². The minimum Gasteiger partial charge on any atom is -0.476 e. The molecular formula is C32H49N3O5. The van der Waals surface area contributed by atoms with Gasteiger partial charge in [0.05, 0.1) is 11.7 Å². The molecule has 1 aliphatic carbocycles. The minimum atomic E-state index is -0.960. The summed E-state index contributed by atoms with van der Waals surface area (Å²) in [6.45, 7) is 16.8. The predicted octanol–water partition coefficient (Wildman–Crippen LogP) is 6.33. The number of hydrogen-bond donors (Lipinski definition) is 0. The largest absolute Gasteiger partial charge is 0.476 e. The molecule has 0 N–H and O–H groups in total. The van der Waals surface area contributed by atoms with Gasteiger partial charge >= 0.3 is 6.09 Å². The second kappa shape index (κ2) is 11.6. The number of nitrogens with zero attached hydrogens (tertiary/aromatic N) is 3. The average molecular weight is 556 g/mol. The fraction of sp³-hybridized carbons (Fsp3) is 0.719. The van der Waals surface area contributed by atoms with E-state index in [1.807, 2.05) is 77.3 Å². The maximum absolute atomic E-state index is 14.2. The smallest absolute Gasteiger partial charge is 0.410 e. The second-order valence-corrected chi connectivity index (χ2v) is 13.7. The highest BCUT2D eigenvalue weighted by molar-refractivity contribution is 6.05. The number of unbranched alkanes of at least 4 members (excludes halogenated alkanes) is 1. The molecule has 1 atom stereocenters. The van der Waals surface area contributed by atoms with Crippen LogP contribution in [-0.2, 0) is 9.53 Å². The highest BCUT2D eigenvalue weighted by Gasteiger charge is 2.42. The zero-order chi connectivity index (χ0) is 29.4. The molecule has 40 heavy (non-hydrogen) atoms. The van der Waals surface area contributed by atoms with Crippen LogP contribution in [0.15, 0.2) is 12.1 Å². The Bertz CT molecular complexity index is 1120. The van der Waals surface area contributed by atoms with Gasteiger partial charge in [-0.3, -0.25) is 9.59 Å². The van der Waals surface area contributed by atoms with Crippen molar-refractivity contribution in [2.75, 3.05) is 24.5 Å². The van der Waals surface area contributed by atoms with E-state index < -0.39 is 11.2 Å². The number of carbonyl (C=O) groups excluding carboxylic acids is 3.